The molecule has 0 aromatic heterocycles. The van der Waals surface area contributed by atoms with Gasteiger partial charge in [-0.25, -0.2) is 0 Å². The van der Waals surface area contributed by atoms with Crippen LogP contribution in [0.1, 0.15) is 39.0 Å². The summed E-state index contributed by atoms with van der Waals surface area (Å²) in [6.45, 7) is 7.17. The van der Waals surface area contributed by atoms with Gasteiger partial charge in [0.05, 0.1) is 6.54 Å². The van der Waals surface area contributed by atoms with Crippen molar-refractivity contribution in [3.63, 3.8) is 0 Å². The maximum atomic E-state index is 11.8. The molecule has 1 atom stereocenters. The first-order valence-corrected chi connectivity index (χ1v) is 7.50. The van der Waals surface area contributed by atoms with Crippen molar-refractivity contribution in [1.82, 2.24) is 15.5 Å². The van der Waals surface area contributed by atoms with Crippen molar-refractivity contribution in [2.75, 3.05) is 32.7 Å². The third-order valence-corrected chi connectivity index (χ3v) is 3.77. The second-order valence-corrected chi connectivity index (χ2v) is 5.79. The number of carbonyl (C=O) groups is 1. The zero-order valence-electron chi connectivity index (χ0n) is 11.6. The minimum absolute atomic E-state index is 0.222. The molecule has 2 fully saturated rings. The predicted octanol–water partition coefficient (Wildman–Crippen LogP) is 0.977. The van der Waals surface area contributed by atoms with E-state index in [9.17, 15) is 4.79 Å². The molecule has 1 amide bonds. The van der Waals surface area contributed by atoms with Gasteiger partial charge >= 0.3 is 0 Å². The predicted molar refractivity (Wildman–Crippen MR) is 73.5 cm³/mol. The van der Waals surface area contributed by atoms with Gasteiger partial charge in [-0.3, -0.25) is 9.69 Å². The number of piperidine rings is 1. The number of rotatable bonds is 7. The molecule has 2 aliphatic rings. The van der Waals surface area contributed by atoms with Gasteiger partial charge in [0.1, 0.15) is 0 Å². The van der Waals surface area contributed by atoms with E-state index in [0.717, 1.165) is 32.1 Å². The lowest BCUT2D eigenvalue weighted by molar-refractivity contribution is -0.122. The van der Waals surface area contributed by atoms with E-state index in [1.807, 2.05) is 0 Å². The van der Waals surface area contributed by atoms with Crippen LogP contribution in [0.5, 0.6) is 0 Å². The van der Waals surface area contributed by atoms with Gasteiger partial charge in [-0.05, 0) is 57.7 Å². The molecule has 1 saturated carbocycles. The molecule has 0 radical (unpaired) electrons. The average Bonchev–Trinajstić information content (AvgIpc) is 3.13. The highest BCUT2D eigenvalue weighted by molar-refractivity contribution is 5.78. The Morgan fingerprint density at radius 3 is 2.89 bits per heavy atom. The summed E-state index contributed by atoms with van der Waals surface area (Å²) in [5.41, 5.74) is 0. The van der Waals surface area contributed by atoms with Gasteiger partial charge in [-0.1, -0.05) is 6.92 Å². The van der Waals surface area contributed by atoms with Gasteiger partial charge in [-0.2, -0.15) is 0 Å². The molecule has 0 bridgehead atoms. The summed E-state index contributed by atoms with van der Waals surface area (Å²) in [6, 6.07) is 0.490. The smallest absolute Gasteiger partial charge is 0.234 e. The number of hydrogen-bond acceptors (Lipinski definition) is 3. The van der Waals surface area contributed by atoms with Crippen molar-refractivity contribution in [2.24, 2.45) is 5.92 Å². The molecule has 4 heteroatoms. The van der Waals surface area contributed by atoms with E-state index in [0.29, 0.717) is 12.6 Å². The Balaban J connectivity index is 1.63. The molecule has 1 aliphatic carbocycles. The number of nitrogens with zero attached hydrogens (tertiary/aromatic N) is 1. The van der Waals surface area contributed by atoms with Crippen LogP contribution >= 0.6 is 0 Å². The van der Waals surface area contributed by atoms with Crippen LogP contribution in [0.2, 0.25) is 0 Å². The number of nitrogens with one attached hydrogen (secondary N) is 2. The molecule has 2 N–H and O–H groups in total. The van der Waals surface area contributed by atoms with E-state index in [4.69, 9.17) is 0 Å². The SMILES string of the molecule is CCCNCC1CCCN(CC(=O)NC2CC2)C1. The molecule has 1 saturated heterocycles. The third kappa shape index (κ3) is 4.94. The second kappa shape index (κ2) is 7.10. The van der Waals surface area contributed by atoms with E-state index in [1.54, 1.807) is 0 Å². The number of amides is 1. The minimum Gasteiger partial charge on any atom is -0.352 e. The summed E-state index contributed by atoms with van der Waals surface area (Å²) in [4.78, 5) is 14.1. The summed E-state index contributed by atoms with van der Waals surface area (Å²) in [5, 5.41) is 6.57. The number of hydrogen-bond donors (Lipinski definition) is 2. The fourth-order valence-corrected chi connectivity index (χ4v) is 2.65. The highest BCUT2D eigenvalue weighted by atomic mass is 16.2. The lowest BCUT2D eigenvalue weighted by Gasteiger charge is -2.32. The van der Waals surface area contributed by atoms with Crippen LogP contribution in [-0.4, -0.2) is 49.6 Å². The molecule has 0 aromatic rings. The van der Waals surface area contributed by atoms with Crippen LogP contribution in [0, 0.1) is 5.92 Å². The van der Waals surface area contributed by atoms with Crippen molar-refractivity contribution < 1.29 is 4.79 Å². The Hall–Kier alpha value is -0.610. The summed E-state index contributed by atoms with van der Waals surface area (Å²) < 4.78 is 0. The Labute approximate surface area is 110 Å². The average molecular weight is 253 g/mol. The summed E-state index contributed by atoms with van der Waals surface area (Å²) in [7, 11) is 0. The van der Waals surface area contributed by atoms with Crippen molar-refractivity contribution in [1.29, 1.82) is 0 Å². The first kappa shape index (κ1) is 13.8. The first-order chi connectivity index (χ1) is 8.78. The molecular formula is C14H27N3O. The topological polar surface area (TPSA) is 44.4 Å². The van der Waals surface area contributed by atoms with Crippen LogP contribution in [0.25, 0.3) is 0 Å². The first-order valence-electron chi connectivity index (χ1n) is 7.50. The largest absolute Gasteiger partial charge is 0.352 e. The van der Waals surface area contributed by atoms with Gasteiger partial charge in [0, 0.05) is 12.6 Å². The second-order valence-electron chi connectivity index (χ2n) is 5.79. The van der Waals surface area contributed by atoms with Gasteiger partial charge in [0.2, 0.25) is 5.91 Å². The van der Waals surface area contributed by atoms with Gasteiger partial charge in [-0.15, -0.1) is 0 Å². The van der Waals surface area contributed by atoms with Crippen molar-refractivity contribution in [2.45, 2.75) is 45.1 Å². The van der Waals surface area contributed by atoms with Crippen molar-refractivity contribution in [3.05, 3.63) is 0 Å². The van der Waals surface area contributed by atoms with Gasteiger partial charge in [0.15, 0.2) is 0 Å². The van der Waals surface area contributed by atoms with Crippen LogP contribution < -0.4 is 10.6 Å². The Morgan fingerprint density at radius 1 is 1.33 bits per heavy atom. The Kier molecular flexibility index (Phi) is 5.45. The van der Waals surface area contributed by atoms with Crippen LogP contribution in [0.15, 0.2) is 0 Å². The summed E-state index contributed by atoms with van der Waals surface area (Å²) >= 11 is 0. The molecular weight excluding hydrogens is 226 g/mol. The zero-order valence-corrected chi connectivity index (χ0v) is 11.6. The standard InChI is InChI=1S/C14H27N3O/c1-2-7-15-9-12-4-3-8-17(10-12)11-14(18)16-13-5-6-13/h12-13,15H,2-11H2,1H3,(H,16,18). The molecule has 1 heterocycles. The summed E-state index contributed by atoms with van der Waals surface area (Å²) in [5.74, 6) is 0.943. The molecule has 4 nitrogen and oxygen atoms in total. The molecule has 2 rings (SSSR count). The third-order valence-electron chi connectivity index (χ3n) is 3.77. The zero-order chi connectivity index (χ0) is 12.8. The van der Waals surface area contributed by atoms with E-state index >= 15 is 0 Å². The fourth-order valence-electron chi connectivity index (χ4n) is 2.65. The maximum Gasteiger partial charge on any atom is 0.234 e. The van der Waals surface area contributed by atoms with Crippen LogP contribution in [0.4, 0.5) is 0 Å². The van der Waals surface area contributed by atoms with Gasteiger partial charge < -0.3 is 10.6 Å². The van der Waals surface area contributed by atoms with Crippen LogP contribution in [0.3, 0.4) is 0 Å². The minimum atomic E-state index is 0.222. The van der Waals surface area contributed by atoms with E-state index in [2.05, 4.69) is 22.5 Å². The lowest BCUT2D eigenvalue weighted by Crippen LogP contribution is -2.45. The lowest BCUT2D eigenvalue weighted by atomic mass is 9.98. The number of likely N-dealkylation sites (tertiary alicyclic amines) is 1. The van der Waals surface area contributed by atoms with E-state index in [1.165, 1.54) is 32.1 Å². The monoisotopic (exact) mass is 253 g/mol. The molecule has 1 aliphatic heterocycles. The maximum absolute atomic E-state index is 11.8. The normalized spacial score (nSPS) is 25.1. The highest BCUT2D eigenvalue weighted by Gasteiger charge is 2.25. The molecule has 104 valence electrons. The molecule has 1 unspecified atom stereocenters. The Bertz CT molecular complexity index is 266. The Morgan fingerprint density at radius 2 is 2.17 bits per heavy atom. The van der Waals surface area contributed by atoms with Gasteiger partial charge in [0.25, 0.3) is 0 Å². The molecule has 18 heavy (non-hydrogen) atoms. The van der Waals surface area contributed by atoms with Crippen molar-refractivity contribution in [3.8, 4) is 0 Å². The fraction of sp³-hybridized carbons (Fsp3) is 0.929. The van der Waals surface area contributed by atoms with E-state index in [-0.39, 0.29) is 5.91 Å². The molecule has 0 spiro atoms. The highest BCUT2D eigenvalue weighted by Crippen LogP contribution is 2.19. The van der Waals surface area contributed by atoms with E-state index < -0.39 is 0 Å². The summed E-state index contributed by atoms with van der Waals surface area (Å²) in [6.07, 6.45) is 6.08. The molecule has 0 aromatic carbocycles. The quantitative estimate of drug-likeness (QED) is 0.665. The van der Waals surface area contributed by atoms with Crippen molar-refractivity contribution >= 4 is 5.91 Å². The number of carbonyl (C=O) groups excluding carboxylic acids is 1. The van der Waals surface area contributed by atoms with Crippen LogP contribution in [-0.2, 0) is 4.79 Å².